The van der Waals surface area contributed by atoms with E-state index in [0.29, 0.717) is 49.2 Å². The van der Waals surface area contributed by atoms with Gasteiger partial charge in [0, 0.05) is 49.2 Å². The zero-order valence-corrected chi connectivity index (χ0v) is 17.6. The Hall–Kier alpha value is -0.0600. The number of nitrogens with zero attached hydrogens (tertiary/aromatic N) is 4. The SMILES string of the molecule is CC12N(CCS)C(=O)N(CCS)C1(C)N(CCS)C(=O)N2CCS. The Balaban J connectivity index is 2.61. The fourth-order valence-electron chi connectivity index (χ4n) is 4.00. The second kappa shape index (κ2) is 7.67. The second-order valence-electron chi connectivity index (χ2n) is 6.11. The molecule has 2 heterocycles. The molecule has 2 aliphatic rings. The van der Waals surface area contributed by atoms with E-state index < -0.39 is 11.3 Å². The third-order valence-electron chi connectivity index (χ3n) is 5.22. The van der Waals surface area contributed by atoms with Gasteiger partial charge in [0.2, 0.25) is 0 Å². The molecule has 0 radical (unpaired) electrons. The van der Waals surface area contributed by atoms with Crippen molar-refractivity contribution in [3.63, 3.8) is 0 Å². The molecule has 4 amide bonds. The number of fused-ring (bicyclic) bond motifs is 1. The van der Waals surface area contributed by atoms with Crippen LogP contribution in [0, 0.1) is 0 Å². The monoisotopic (exact) mass is 410 g/mol. The molecule has 0 aliphatic carbocycles. The quantitative estimate of drug-likeness (QED) is 0.460. The molecule has 2 rings (SSSR count). The van der Waals surface area contributed by atoms with Crippen LogP contribution in [0.25, 0.3) is 0 Å². The highest BCUT2D eigenvalue weighted by atomic mass is 32.1. The minimum atomic E-state index is -0.779. The summed E-state index contributed by atoms with van der Waals surface area (Å²) in [6, 6.07) is -0.159. The van der Waals surface area contributed by atoms with Gasteiger partial charge < -0.3 is 0 Å². The van der Waals surface area contributed by atoms with Crippen LogP contribution in [0.3, 0.4) is 0 Å². The molecule has 24 heavy (non-hydrogen) atoms. The summed E-state index contributed by atoms with van der Waals surface area (Å²) in [5, 5.41) is 0. The lowest BCUT2D eigenvalue weighted by Gasteiger charge is -2.45. The normalized spacial score (nSPS) is 29.9. The molecule has 0 spiro atoms. The van der Waals surface area contributed by atoms with E-state index in [2.05, 4.69) is 50.5 Å². The Bertz CT molecular complexity index is 431. The van der Waals surface area contributed by atoms with E-state index >= 15 is 0 Å². The van der Waals surface area contributed by atoms with Crippen molar-refractivity contribution in [3.05, 3.63) is 0 Å². The first-order valence-electron chi connectivity index (χ1n) is 7.98. The van der Waals surface area contributed by atoms with E-state index in [0.717, 1.165) is 0 Å². The van der Waals surface area contributed by atoms with E-state index in [4.69, 9.17) is 0 Å². The lowest BCUT2D eigenvalue weighted by atomic mass is 9.95. The van der Waals surface area contributed by atoms with Crippen LogP contribution in [-0.4, -0.2) is 92.2 Å². The lowest BCUT2D eigenvalue weighted by molar-refractivity contribution is -0.0330. The topological polar surface area (TPSA) is 47.1 Å². The van der Waals surface area contributed by atoms with Gasteiger partial charge in [0.1, 0.15) is 0 Å². The van der Waals surface area contributed by atoms with Crippen LogP contribution < -0.4 is 0 Å². The molecule has 2 fully saturated rings. The van der Waals surface area contributed by atoms with Gasteiger partial charge in [-0.05, 0) is 13.8 Å². The first kappa shape index (κ1) is 20.3. The average Bonchev–Trinajstić information content (AvgIpc) is 2.81. The van der Waals surface area contributed by atoms with Crippen LogP contribution in [0.2, 0.25) is 0 Å². The fourth-order valence-corrected chi connectivity index (χ4v) is 4.80. The maximum absolute atomic E-state index is 13.1. The van der Waals surface area contributed by atoms with Gasteiger partial charge in [-0.3, -0.25) is 19.6 Å². The smallest absolute Gasteiger partial charge is 0.297 e. The highest BCUT2D eigenvalue weighted by Gasteiger charge is 2.73. The third-order valence-corrected chi connectivity index (χ3v) is 6.02. The first-order valence-corrected chi connectivity index (χ1v) is 10.5. The Morgan fingerprint density at radius 1 is 0.625 bits per heavy atom. The van der Waals surface area contributed by atoms with Crippen molar-refractivity contribution in [2.45, 2.75) is 25.2 Å². The minimum absolute atomic E-state index is 0.0797. The molecule has 2 saturated heterocycles. The number of hydrogen-bond acceptors (Lipinski definition) is 6. The lowest BCUT2D eigenvalue weighted by Crippen LogP contribution is -2.65. The van der Waals surface area contributed by atoms with Gasteiger partial charge in [-0.25, -0.2) is 9.59 Å². The predicted molar refractivity (Wildman–Crippen MR) is 110 cm³/mol. The average molecular weight is 411 g/mol. The zero-order chi connectivity index (χ0) is 18.1. The summed E-state index contributed by atoms with van der Waals surface area (Å²) in [6.45, 7) is 5.83. The van der Waals surface area contributed by atoms with Crippen molar-refractivity contribution in [2.75, 3.05) is 49.2 Å². The molecule has 0 unspecified atom stereocenters. The summed E-state index contributed by atoms with van der Waals surface area (Å²) in [7, 11) is 0. The van der Waals surface area contributed by atoms with Gasteiger partial charge in [-0.2, -0.15) is 50.5 Å². The van der Waals surface area contributed by atoms with Crippen LogP contribution in [-0.2, 0) is 0 Å². The predicted octanol–water partition coefficient (Wildman–Crippen LogP) is 1.61. The maximum atomic E-state index is 13.1. The van der Waals surface area contributed by atoms with Gasteiger partial charge in [-0.15, -0.1) is 0 Å². The van der Waals surface area contributed by atoms with Crippen molar-refractivity contribution < 1.29 is 9.59 Å². The molecule has 0 N–H and O–H groups in total. The molecule has 138 valence electrons. The van der Waals surface area contributed by atoms with E-state index in [-0.39, 0.29) is 12.1 Å². The van der Waals surface area contributed by atoms with Crippen LogP contribution in [0.4, 0.5) is 9.59 Å². The van der Waals surface area contributed by atoms with E-state index in [1.165, 1.54) is 0 Å². The highest BCUT2D eigenvalue weighted by molar-refractivity contribution is 7.80. The van der Waals surface area contributed by atoms with E-state index in [1.54, 1.807) is 19.6 Å². The largest absolute Gasteiger partial charge is 0.324 e. The third kappa shape index (κ3) is 2.59. The van der Waals surface area contributed by atoms with Crippen molar-refractivity contribution >= 4 is 62.6 Å². The summed E-state index contributed by atoms with van der Waals surface area (Å²) in [5.41, 5.74) is -1.56. The van der Waals surface area contributed by atoms with Crippen molar-refractivity contribution in [1.82, 2.24) is 19.6 Å². The summed E-state index contributed by atoms with van der Waals surface area (Å²) in [4.78, 5) is 33.3. The van der Waals surface area contributed by atoms with Crippen LogP contribution in [0.1, 0.15) is 13.8 Å². The number of urea groups is 2. The number of thiol groups is 4. The number of carbonyl (C=O) groups is 2. The summed E-state index contributed by atoms with van der Waals surface area (Å²) < 4.78 is 0. The summed E-state index contributed by atoms with van der Waals surface area (Å²) in [6.07, 6.45) is 0. The van der Waals surface area contributed by atoms with Crippen LogP contribution in [0.15, 0.2) is 0 Å². The van der Waals surface area contributed by atoms with Crippen molar-refractivity contribution in [3.8, 4) is 0 Å². The molecule has 0 atom stereocenters. The molecular formula is C14H26N4O2S4. The molecule has 6 nitrogen and oxygen atoms in total. The number of hydrogen-bond donors (Lipinski definition) is 4. The van der Waals surface area contributed by atoms with Gasteiger partial charge in [0.25, 0.3) is 0 Å². The molecule has 0 aromatic rings. The number of carbonyl (C=O) groups excluding carboxylic acids is 2. The minimum Gasteiger partial charge on any atom is -0.297 e. The molecule has 2 aliphatic heterocycles. The van der Waals surface area contributed by atoms with Crippen molar-refractivity contribution in [2.24, 2.45) is 0 Å². The van der Waals surface area contributed by atoms with Gasteiger partial charge in [0.05, 0.1) is 0 Å². The first-order chi connectivity index (χ1) is 11.4. The Labute approximate surface area is 165 Å². The molecule has 0 bridgehead atoms. The molecule has 0 aromatic carbocycles. The van der Waals surface area contributed by atoms with Crippen LogP contribution in [0.5, 0.6) is 0 Å². The zero-order valence-electron chi connectivity index (χ0n) is 14.1. The van der Waals surface area contributed by atoms with Gasteiger partial charge >= 0.3 is 12.1 Å². The number of rotatable bonds is 8. The molecule has 0 saturated carbocycles. The summed E-state index contributed by atoms with van der Waals surface area (Å²) >= 11 is 17.2. The maximum Gasteiger partial charge on any atom is 0.324 e. The van der Waals surface area contributed by atoms with Crippen LogP contribution >= 0.6 is 50.5 Å². The van der Waals surface area contributed by atoms with Crippen molar-refractivity contribution in [1.29, 1.82) is 0 Å². The summed E-state index contributed by atoms with van der Waals surface area (Å²) in [5.74, 6) is 2.12. The standard InChI is InChI=1S/C14H26N4O2S4/c1-13-14(2,17(5-9-23)11(19)15(13)3-7-21)18(6-10-24)12(20)16(13)4-8-22/h21-24H,3-10H2,1-2H3. The Morgan fingerprint density at radius 3 is 1.00 bits per heavy atom. The second-order valence-corrected chi connectivity index (χ2v) is 7.90. The Morgan fingerprint density at radius 2 is 0.833 bits per heavy atom. The van der Waals surface area contributed by atoms with Gasteiger partial charge in [0.15, 0.2) is 11.3 Å². The molecule has 10 heteroatoms. The molecule has 0 aromatic heterocycles. The van der Waals surface area contributed by atoms with E-state index in [1.807, 2.05) is 13.8 Å². The number of amides is 4. The Kier molecular flexibility index (Phi) is 6.47. The van der Waals surface area contributed by atoms with E-state index in [9.17, 15) is 9.59 Å². The highest BCUT2D eigenvalue weighted by Crippen LogP contribution is 2.51. The fraction of sp³-hybridized carbons (Fsp3) is 0.857. The molecular weight excluding hydrogens is 384 g/mol. The van der Waals surface area contributed by atoms with Gasteiger partial charge in [-0.1, -0.05) is 0 Å².